The number of hydrazine groups is 1. The summed E-state index contributed by atoms with van der Waals surface area (Å²) in [6.45, 7) is 0.557. The molecule has 0 aromatic carbocycles. The molecule has 1 aliphatic carbocycles. The summed E-state index contributed by atoms with van der Waals surface area (Å²) in [5.74, 6) is 5.81. The fourth-order valence-electron chi connectivity index (χ4n) is 2.53. The van der Waals surface area contributed by atoms with E-state index in [0.29, 0.717) is 18.2 Å². The number of pyridine rings is 1. The number of nitrogen functional groups attached to an aromatic ring is 1. The van der Waals surface area contributed by atoms with Crippen molar-refractivity contribution in [3.63, 3.8) is 0 Å². The minimum atomic E-state index is -3.54. The van der Waals surface area contributed by atoms with Crippen LogP contribution in [0.1, 0.15) is 25.7 Å². The van der Waals surface area contributed by atoms with Crippen molar-refractivity contribution < 1.29 is 8.42 Å². The molecule has 19 heavy (non-hydrogen) atoms. The SMILES string of the molecule is CN(CC1CCCC1)S(=O)(=O)c1cnccc1NN. The number of rotatable bonds is 5. The lowest BCUT2D eigenvalue weighted by molar-refractivity contribution is 0.387. The molecule has 0 spiro atoms. The van der Waals surface area contributed by atoms with Gasteiger partial charge in [-0.2, -0.15) is 0 Å². The molecular weight excluding hydrogens is 264 g/mol. The molecule has 1 aliphatic rings. The van der Waals surface area contributed by atoms with E-state index < -0.39 is 10.0 Å². The molecule has 6 nitrogen and oxygen atoms in total. The Morgan fingerprint density at radius 1 is 1.47 bits per heavy atom. The molecule has 0 radical (unpaired) electrons. The lowest BCUT2D eigenvalue weighted by Crippen LogP contribution is -2.32. The zero-order chi connectivity index (χ0) is 13.9. The monoisotopic (exact) mass is 284 g/mol. The molecule has 1 aromatic heterocycles. The van der Waals surface area contributed by atoms with Crippen molar-refractivity contribution in [1.29, 1.82) is 0 Å². The van der Waals surface area contributed by atoms with Crippen molar-refractivity contribution in [3.8, 4) is 0 Å². The third kappa shape index (κ3) is 3.05. The standard InChI is InChI=1S/C12H20N4O2S/c1-16(9-10-4-2-3-5-10)19(17,18)12-8-14-7-6-11(12)15-13/h6-8,10H,2-5,9,13H2,1H3,(H,14,15). The largest absolute Gasteiger partial charge is 0.323 e. The summed E-state index contributed by atoms with van der Waals surface area (Å²) in [7, 11) is -1.93. The van der Waals surface area contributed by atoms with Gasteiger partial charge in [0.25, 0.3) is 0 Å². The fourth-order valence-corrected chi connectivity index (χ4v) is 3.87. The minimum absolute atomic E-state index is 0.123. The summed E-state index contributed by atoms with van der Waals surface area (Å²) in [5.41, 5.74) is 2.77. The Hall–Kier alpha value is -1.18. The van der Waals surface area contributed by atoms with Gasteiger partial charge in [0.05, 0.1) is 5.69 Å². The average Bonchev–Trinajstić information content (AvgIpc) is 2.91. The maximum absolute atomic E-state index is 12.5. The lowest BCUT2D eigenvalue weighted by Gasteiger charge is -2.21. The van der Waals surface area contributed by atoms with Crippen molar-refractivity contribution in [1.82, 2.24) is 9.29 Å². The third-order valence-electron chi connectivity index (χ3n) is 3.62. The van der Waals surface area contributed by atoms with Crippen LogP contribution in [0.5, 0.6) is 0 Å². The normalized spacial score (nSPS) is 17.0. The molecule has 1 fully saturated rings. The van der Waals surface area contributed by atoms with Crippen LogP contribution in [-0.2, 0) is 10.0 Å². The number of nitrogens with two attached hydrogens (primary N) is 1. The van der Waals surface area contributed by atoms with Gasteiger partial charge < -0.3 is 5.43 Å². The van der Waals surface area contributed by atoms with Crippen molar-refractivity contribution >= 4 is 15.7 Å². The van der Waals surface area contributed by atoms with E-state index in [4.69, 9.17) is 5.84 Å². The van der Waals surface area contributed by atoms with Gasteiger partial charge in [-0.05, 0) is 24.8 Å². The number of sulfonamides is 1. The summed E-state index contributed by atoms with van der Waals surface area (Å²) < 4.78 is 26.4. The maximum Gasteiger partial charge on any atom is 0.246 e. The van der Waals surface area contributed by atoms with Gasteiger partial charge in [0.15, 0.2) is 0 Å². The number of anilines is 1. The molecule has 0 bridgehead atoms. The number of nitrogens with zero attached hydrogens (tertiary/aromatic N) is 2. The highest BCUT2D eigenvalue weighted by Crippen LogP contribution is 2.28. The van der Waals surface area contributed by atoms with E-state index in [0.717, 1.165) is 12.8 Å². The third-order valence-corrected chi connectivity index (χ3v) is 5.47. The topological polar surface area (TPSA) is 88.3 Å². The first-order valence-electron chi connectivity index (χ1n) is 6.42. The Bertz CT molecular complexity index is 526. The van der Waals surface area contributed by atoms with Gasteiger partial charge in [-0.1, -0.05) is 12.8 Å². The Balaban J connectivity index is 2.20. The van der Waals surface area contributed by atoms with Gasteiger partial charge in [0.2, 0.25) is 10.0 Å². The van der Waals surface area contributed by atoms with E-state index in [9.17, 15) is 8.42 Å². The van der Waals surface area contributed by atoms with Gasteiger partial charge in [-0.25, -0.2) is 12.7 Å². The van der Waals surface area contributed by atoms with Gasteiger partial charge in [0, 0.05) is 26.0 Å². The first-order valence-corrected chi connectivity index (χ1v) is 7.86. The van der Waals surface area contributed by atoms with Gasteiger partial charge in [0.1, 0.15) is 4.90 Å². The Morgan fingerprint density at radius 3 is 2.79 bits per heavy atom. The summed E-state index contributed by atoms with van der Waals surface area (Å²) in [6.07, 6.45) is 7.44. The summed E-state index contributed by atoms with van der Waals surface area (Å²) in [4.78, 5) is 4.00. The molecule has 0 amide bonds. The molecule has 0 unspecified atom stereocenters. The summed E-state index contributed by atoms with van der Waals surface area (Å²) >= 11 is 0. The highest BCUT2D eigenvalue weighted by molar-refractivity contribution is 7.89. The second kappa shape index (κ2) is 5.85. The molecule has 1 saturated carbocycles. The molecule has 0 aliphatic heterocycles. The molecular formula is C12H20N4O2S. The van der Waals surface area contributed by atoms with E-state index >= 15 is 0 Å². The minimum Gasteiger partial charge on any atom is -0.323 e. The highest BCUT2D eigenvalue weighted by Gasteiger charge is 2.27. The molecule has 1 heterocycles. The van der Waals surface area contributed by atoms with Crippen LogP contribution in [0.15, 0.2) is 23.4 Å². The van der Waals surface area contributed by atoms with E-state index in [1.807, 2.05) is 0 Å². The van der Waals surface area contributed by atoms with Gasteiger partial charge in [-0.3, -0.25) is 10.8 Å². The molecule has 106 valence electrons. The Labute approximate surface area is 114 Å². The van der Waals surface area contributed by atoms with Crippen LogP contribution < -0.4 is 11.3 Å². The predicted octanol–water partition coefficient (Wildman–Crippen LogP) is 1.18. The van der Waals surface area contributed by atoms with Gasteiger partial charge in [-0.15, -0.1) is 0 Å². The number of aromatic nitrogens is 1. The Kier molecular flexibility index (Phi) is 4.38. The van der Waals surface area contributed by atoms with E-state index in [-0.39, 0.29) is 4.90 Å². The van der Waals surface area contributed by atoms with Gasteiger partial charge >= 0.3 is 0 Å². The van der Waals surface area contributed by atoms with Crippen LogP contribution in [0, 0.1) is 5.92 Å². The smallest absolute Gasteiger partial charge is 0.246 e. The quantitative estimate of drug-likeness (QED) is 0.626. The van der Waals surface area contributed by atoms with Crippen molar-refractivity contribution in [2.24, 2.45) is 11.8 Å². The summed E-state index contributed by atoms with van der Waals surface area (Å²) in [6, 6.07) is 1.55. The number of hydrogen-bond donors (Lipinski definition) is 2. The Morgan fingerprint density at radius 2 is 2.16 bits per heavy atom. The molecule has 7 heteroatoms. The zero-order valence-corrected chi connectivity index (χ0v) is 11.9. The fraction of sp³-hybridized carbons (Fsp3) is 0.583. The number of nitrogens with one attached hydrogen (secondary N) is 1. The van der Waals surface area contributed by atoms with E-state index in [2.05, 4.69) is 10.4 Å². The van der Waals surface area contributed by atoms with Crippen LogP contribution >= 0.6 is 0 Å². The summed E-state index contributed by atoms with van der Waals surface area (Å²) in [5, 5.41) is 0. The van der Waals surface area contributed by atoms with Crippen molar-refractivity contribution in [2.75, 3.05) is 19.0 Å². The maximum atomic E-state index is 12.5. The second-order valence-electron chi connectivity index (χ2n) is 4.95. The molecule has 1 aromatic rings. The van der Waals surface area contributed by atoms with E-state index in [1.165, 1.54) is 29.5 Å². The van der Waals surface area contributed by atoms with E-state index in [1.54, 1.807) is 13.1 Å². The van der Waals surface area contributed by atoms with Crippen LogP contribution in [0.3, 0.4) is 0 Å². The number of hydrogen-bond acceptors (Lipinski definition) is 5. The highest BCUT2D eigenvalue weighted by atomic mass is 32.2. The molecule has 2 rings (SSSR count). The van der Waals surface area contributed by atoms with Crippen LogP contribution in [-0.4, -0.2) is 31.3 Å². The van der Waals surface area contributed by atoms with Crippen LogP contribution in [0.2, 0.25) is 0 Å². The van der Waals surface area contributed by atoms with Crippen LogP contribution in [0.4, 0.5) is 5.69 Å². The molecule has 0 atom stereocenters. The van der Waals surface area contributed by atoms with Crippen LogP contribution in [0.25, 0.3) is 0 Å². The lowest BCUT2D eigenvalue weighted by atomic mass is 10.1. The zero-order valence-electron chi connectivity index (χ0n) is 11.0. The average molecular weight is 284 g/mol. The first kappa shape index (κ1) is 14.2. The predicted molar refractivity (Wildman–Crippen MR) is 73.8 cm³/mol. The second-order valence-corrected chi connectivity index (χ2v) is 6.97. The first-order chi connectivity index (χ1) is 9.05. The van der Waals surface area contributed by atoms with Crippen molar-refractivity contribution in [3.05, 3.63) is 18.5 Å². The molecule has 0 saturated heterocycles. The van der Waals surface area contributed by atoms with Crippen molar-refractivity contribution in [2.45, 2.75) is 30.6 Å². The molecule has 3 N–H and O–H groups in total.